The molecule has 2 aromatic carbocycles. The zero-order valence-electron chi connectivity index (χ0n) is 16.1. The summed E-state index contributed by atoms with van der Waals surface area (Å²) in [5.41, 5.74) is 2.54. The van der Waals surface area contributed by atoms with E-state index in [4.69, 9.17) is 4.74 Å². The van der Waals surface area contributed by atoms with Crippen LogP contribution in [-0.4, -0.2) is 35.7 Å². The summed E-state index contributed by atoms with van der Waals surface area (Å²) in [6, 6.07) is 14.7. The SMILES string of the molecule is COc1ccc(C(=O)Nc2nnc([C@H]3CC(=O)N(c4ccc(C)cc4)C3)s2)cc1. The third-order valence-corrected chi connectivity index (χ3v) is 5.83. The van der Waals surface area contributed by atoms with Crippen molar-refractivity contribution >= 4 is 34.0 Å². The summed E-state index contributed by atoms with van der Waals surface area (Å²) in [6.07, 6.45) is 0.384. The molecule has 7 nitrogen and oxygen atoms in total. The maximum Gasteiger partial charge on any atom is 0.257 e. The Morgan fingerprint density at radius 1 is 1.14 bits per heavy atom. The predicted octanol–water partition coefficient (Wildman–Crippen LogP) is 3.63. The van der Waals surface area contributed by atoms with E-state index < -0.39 is 0 Å². The van der Waals surface area contributed by atoms with Gasteiger partial charge in [0.15, 0.2) is 0 Å². The first kappa shape index (κ1) is 19.1. The number of nitrogens with zero attached hydrogens (tertiary/aromatic N) is 3. The van der Waals surface area contributed by atoms with E-state index in [2.05, 4.69) is 15.5 Å². The fraction of sp³-hybridized carbons (Fsp3) is 0.238. The number of benzene rings is 2. The van der Waals surface area contributed by atoms with Crippen LogP contribution in [0.2, 0.25) is 0 Å². The highest BCUT2D eigenvalue weighted by Gasteiger charge is 2.34. The molecule has 1 N–H and O–H groups in total. The fourth-order valence-electron chi connectivity index (χ4n) is 3.21. The van der Waals surface area contributed by atoms with Crippen molar-refractivity contribution in [3.05, 3.63) is 64.7 Å². The van der Waals surface area contributed by atoms with Gasteiger partial charge in [-0.15, -0.1) is 10.2 Å². The normalized spacial score (nSPS) is 16.1. The molecule has 148 valence electrons. The molecule has 0 aliphatic carbocycles. The van der Waals surface area contributed by atoms with Crippen molar-refractivity contribution in [1.82, 2.24) is 10.2 Å². The van der Waals surface area contributed by atoms with Crippen LogP contribution in [0.1, 0.15) is 33.3 Å². The molecule has 1 fully saturated rings. The van der Waals surface area contributed by atoms with Gasteiger partial charge in [-0.05, 0) is 43.3 Å². The van der Waals surface area contributed by atoms with Gasteiger partial charge in [-0.25, -0.2) is 0 Å². The summed E-state index contributed by atoms with van der Waals surface area (Å²) in [4.78, 5) is 26.6. The number of hydrogen-bond acceptors (Lipinski definition) is 6. The third kappa shape index (κ3) is 4.12. The molecule has 1 aliphatic rings. The summed E-state index contributed by atoms with van der Waals surface area (Å²) < 4.78 is 5.10. The summed E-state index contributed by atoms with van der Waals surface area (Å²) in [5, 5.41) is 12.2. The number of methoxy groups -OCH3 is 1. The lowest BCUT2D eigenvalue weighted by Gasteiger charge is -2.16. The first-order valence-corrected chi connectivity index (χ1v) is 10.0. The Kier molecular flexibility index (Phi) is 5.26. The molecule has 1 saturated heterocycles. The van der Waals surface area contributed by atoms with Gasteiger partial charge in [0.1, 0.15) is 10.8 Å². The molecule has 0 unspecified atom stereocenters. The van der Waals surface area contributed by atoms with Crippen molar-refractivity contribution < 1.29 is 14.3 Å². The topological polar surface area (TPSA) is 84.4 Å². The maximum absolute atomic E-state index is 12.5. The van der Waals surface area contributed by atoms with Crippen molar-refractivity contribution in [2.45, 2.75) is 19.3 Å². The van der Waals surface area contributed by atoms with Crippen LogP contribution in [0.5, 0.6) is 5.75 Å². The molecular weight excluding hydrogens is 388 g/mol. The monoisotopic (exact) mass is 408 g/mol. The summed E-state index contributed by atoms with van der Waals surface area (Å²) in [7, 11) is 1.57. The van der Waals surface area contributed by atoms with Crippen LogP contribution >= 0.6 is 11.3 Å². The van der Waals surface area contributed by atoms with Crippen LogP contribution in [0, 0.1) is 6.92 Å². The highest BCUT2D eigenvalue weighted by atomic mass is 32.1. The number of aryl methyl sites for hydroxylation is 1. The van der Waals surface area contributed by atoms with Gasteiger partial charge in [0.25, 0.3) is 5.91 Å². The first-order chi connectivity index (χ1) is 14.0. The zero-order chi connectivity index (χ0) is 20.4. The van der Waals surface area contributed by atoms with Gasteiger partial charge in [-0.2, -0.15) is 0 Å². The smallest absolute Gasteiger partial charge is 0.257 e. The van der Waals surface area contributed by atoms with Gasteiger partial charge in [0.2, 0.25) is 11.0 Å². The molecule has 29 heavy (non-hydrogen) atoms. The van der Waals surface area contributed by atoms with E-state index in [1.54, 1.807) is 36.3 Å². The number of anilines is 2. The minimum atomic E-state index is -0.265. The van der Waals surface area contributed by atoms with Crippen molar-refractivity contribution in [1.29, 1.82) is 0 Å². The molecule has 1 aliphatic heterocycles. The zero-order valence-corrected chi connectivity index (χ0v) is 16.9. The van der Waals surface area contributed by atoms with Gasteiger partial charge >= 0.3 is 0 Å². The van der Waals surface area contributed by atoms with E-state index in [1.807, 2.05) is 31.2 Å². The number of nitrogens with one attached hydrogen (secondary N) is 1. The Bertz CT molecular complexity index is 1030. The number of hydrogen-bond donors (Lipinski definition) is 1. The Morgan fingerprint density at radius 2 is 1.86 bits per heavy atom. The molecule has 0 spiro atoms. The van der Waals surface area contributed by atoms with Crippen LogP contribution in [0.3, 0.4) is 0 Å². The van der Waals surface area contributed by atoms with E-state index in [1.165, 1.54) is 11.3 Å². The summed E-state index contributed by atoms with van der Waals surface area (Å²) in [5.74, 6) is 0.453. The average molecular weight is 408 g/mol. The first-order valence-electron chi connectivity index (χ1n) is 9.19. The quantitative estimate of drug-likeness (QED) is 0.697. The van der Waals surface area contributed by atoms with Gasteiger partial charge in [0.05, 0.1) is 7.11 Å². The van der Waals surface area contributed by atoms with E-state index in [-0.39, 0.29) is 17.7 Å². The standard InChI is InChI=1S/C21H20N4O3S/c1-13-3-7-16(8-4-13)25-12-15(11-18(25)26)20-23-24-21(29-20)22-19(27)14-5-9-17(28-2)10-6-14/h3-10,15H,11-12H2,1-2H3,(H,22,24,27)/t15-/m0/s1. The fourth-order valence-corrected chi connectivity index (χ4v) is 4.04. The molecule has 8 heteroatoms. The highest BCUT2D eigenvalue weighted by molar-refractivity contribution is 7.15. The highest BCUT2D eigenvalue weighted by Crippen LogP contribution is 2.34. The van der Waals surface area contributed by atoms with Crippen LogP contribution < -0.4 is 15.0 Å². The molecule has 2 amide bonds. The number of rotatable bonds is 5. The van der Waals surface area contributed by atoms with Gasteiger partial charge in [0, 0.05) is 30.1 Å². The number of carbonyl (C=O) groups excluding carboxylic acids is 2. The minimum Gasteiger partial charge on any atom is -0.497 e. The molecule has 0 bridgehead atoms. The lowest BCUT2D eigenvalue weighted by Crippen LogP contribution is -2.24. The van der Waals surface area contributed by atoms with E-state index in [0.29, 0.717) is 29.4 Å². The van der Waals surface area contributed by atoms with E-state index in [0.717, 1.165) is 16.3 Å². The third-order valence-electron chi connectivity index (χ3n) is 4.83. The van der Waals surface area contributed by atoms with Crippen LogP contribution in [-0.2, 0) is 4.79 Å². The average Bonchev–Trinajstić information content (AvgIpc) is 3.35. The number of carbonyl (C=O) groups is 2. The molecule has 1 aromatic heterocycles. The molecule has 2 heterocycles. The van der Waals surface area contributed by atoms with Crippen molar-refractivity contribution in [3.63, 3.8) is 0 Å². The largest absolute Gasteiger partial charge is 0.497 e. The second-order valence-electron chi connectivity index (χ2n) is 6.87. The Labute approximate surface area is 172 Å². The van der Waals surface area contributed by atoms with E-state index >= 15 is 0 Å². The second-order valence-corrected chi connectivity index (χ2v) is 7.88. The van der Waals surface area contributed by atoms with Crippen molar-refractivity contribution in [3.8, 4) is 5.75 Å². The van der Waals surface area contributed by atoms with Crippen LogP contribution in [0.4, 0.5) is 10.8 Å². The molecule has 0 radical (unpaired) electrons. The predicted molar refractivity (Wildman–Crippen MR) is 112 cm³/mol. The molecule has 3 aromatic rings. The number of aromatic nitrogens is 2. The van der Waals surface area contributed by atoms with Gasteiger partial charge in [-0.1, -0.05) is 29.0 Å². The van der Waals surface area contributed by atoms with Gasteiger partial charge < -0.3 is 9.64 Å². The molecule has 0 saturated carbocycles. The van der Waals surface area contributed by atoms with E-state index in [9.17, 15) is 9.59 Å². The molecule has 1 atom stereocenters. The van der Waals surface area contributed by atoms with Crippen molar-refractivity contribution in [2.75, 3.05) is 23.9 Å². The molecule has 4 rings (SSSR count). The summed E-state index contributed by atoms with van der Waals surface area (Å²) in [6.45, 7) is 2.57. The van der Waals surface area contributed by atoms with Crippen LogP contribution in [0.25, 0.3) is 0 Å². The Balaban J connectivity index is 1.42. The Morgan fingerprint density at radius 3 is 2.55 bits per heavy atom. The maximum atomic E-state index is 12.5. The van der Waals surface area contributed by atoms with Crippen molar-refractivity contribution in [2.24, 2.45) is 0 Å². The lowest BCUT2D eigenvalue weighted by molar-refractivity contribution is -0.117. The second kappa shape index (κ2) is 8.00. The molecular formula is C21H20N4O3S. The number of ether oxygens (including phenoxy) is 1. The minimum absolute atomic E-state index is 0.0343. The number of amides is 2. The van der Waals surface area contributed by atoms with Crippen LogP contribution in [0.15, 0.2) is 48.5 Å². The van der Waals surface area contributed by atoms with Gasteiger partial charge in [-0.3, -0.25) is 14.9 Å². The summed E-state index contributed by atoms with van der Waals surface area (Å²) >= 11 is 1.30. The Hall–Kier alpha value is -3.26. The lowest BCUT2D eigenvalue weighted by atomic mass is 10.1.